The molecule has 21 heavy (non-hydrogen) atoms. The predicted octanol–water partition coefficient (Wildman–Crippen LogP) is 3.93. The largest absolute Gasteiger partial charge is 0.312 e. The summed E-state index contributed by atoms with van der Waals surface area (Å²) < 4.78 is 0. The number of hydrogen-bond donors (Lipinski definition) is 1. The van der Waals surface area contributed by atoms with Crippen LogP contribution in [0.3, 0.4) is 0 Å². The van der Waals surface area contributed by atoms with Crippen molar-refractivity contribution in [2.45, 2.75) is 46.6 Å². The first-order valence-electron chi connectivity index (χ1n) is 8.48. The van der Waals surface area contributed by atoms with Gasteiger partial charge in [0, 0.05) is 12.6 Å². The summed E-state index contributed by atoms with van der Waals surface area (Å²) in [5.41, 5.74) is 4.22. The first-order chi connectivity index (χ1) is 10.0. The fourth-order valence-corrected chi connectivity index (χ4v) is 3.54. The number of benzene rings is 1. The summed E-state index contributed by atoms with van der Waals surface area (Å²) in [7, 11) is 2.09. The Hall–Kier alpha value is -0.860. The lowest BCUT2D eigenvalue weighted by Gasteiger charge is -2.36. The van der Waals surface area contributed by atoms with Gasteiger partial charge in [-0.2, -0.15) is 0 Å². The molecule has 2 heteroatoms. The highest BCUT2D eigenvalue weighted by molar-refractivity contribution is 5.33. The molecule has 0 radical (unpaired) electrons. The minimum atomic E-state index is 0.445. The maximum absolute atomic E-state index is 3.53. The maximum Gasteiger partial charge on any atom is 0.0449 e. The van der Waals surface area contributed by atoms with E-state index in [9.17, 15) is 0 Å². The van der Waals surface area contributed by atoms with E-state index >= 15 is 0 Å². The molecule has 1 atom stereocenters. The summed E-state index contributed by atoms with van der Waals surface area (Å²) >= 11 is 0. The van der Waals surface area contributed by atoms with Crippen molar-refractivity contribution in [2.24, 2.45) is 11.8 Å². The molecular weight excluding hydrogens is 256 g/mol. The van der Waals surface area contributed by atoms with E-state index in [4.69, 9.17) is 0 Å². The fourth-order valence-electron chi connectivity index (χ4n) is 3.54. The van der Waals surface area contributed by atoms with Crippen molar-refractivity contribution in [2.75, 3.05) is 26.7 Å². The van der Waals surface area contributed by atoms with Crippen molar-refractivity contribution in [1.82, 2.24) is 10.2 Å². The lowest BCUT2D eigenvalue weighted by atomic mass is 9.86. The molecule has 1 fully saturated rings. The number of likely N-dealkylation sites (N-methyl/N-ethyl adjacent to an activating group) is 1. The van der Waals surface area contributed by atoms with Crippen LogP contribution in [0.4, 0.5) is 0 Å². The van der Waals surface area contributed by atoms with E-state index in [0.717, 1.165) is 18.4 Å². The molecule has 1 aliphatic rings. The predicted molar refractivity (Wildman–Crippen MR) is 91.7 cm³/mol. The van der Waals surface area contributed by atoms with Gasteiger partial charge in [0.15, 0.2) is 0 Å². The van der Waals surface area contributed by atoms with Crippen LogP contribution >= 0.6 is 0 Å². The summed E-state index contributed by atoms with van der Waals surface area (Å²) in [5, 5.41) is 3.53. The van der Waals surface area contributed by atoms with Gasteiger partial charge in [0.05, 0.1) is 0 Å². The van der Waals surface area contributed by atoms with Crippen LogP contribution in [0.15, 0.2) is 18.2 Å². The molecule has 1 N–H and O–H groups in total. The molecule has 2 rings (SSSR count). The summed E-state index contributed by atoms with van der Waals surface area (Å²) in [6, 6.07) is 7.25. The average Bonchev–Trinajstić information content (AvgIpc) is 2.48. The van der Waals surface area contributed by atoms with Gasteiger partial charge in [0.2, 0.25) is 0 Å². The first kappa shape index (κ1) is 16.5. The molecule has 0 aromatic heterocycles. The van der Waals surface area contributed by atoms with Crippen LogP contribution in [-0.2, 0) is 0 Å². The number of piperidine rings is 1. The highest BCUT2D eigenvalue weighted by Gasteiger charge is 2.24. The van der Waals surface area contributed by atoms with E-state index in [0.29, 0.717) is 6.04 Å². The van der Waals surface area contributed by atoms with Gasteiger partial charge in [-0.05, 0) is 69.8 Å². The van der Waals surface area contributed by atoms with E-state index in [2.05, 4.69) is 63.2 Å². The number of nitrogens with zero attached hydrogens (tertiary/aromatic N) is 1. The molecule has 1 aliphatic heterocycles. The minimum absolute atomic E-state index is 0.445. The topological polar surface area (TPSA) is 15.3 Å². The van der Waals surface area contributed by atoms with E-state index in [-0.39, 0.29) is 0 Å². The molecule has 0 amide bonds. The smallest absolute Gasteiger partial charge is 0.0449 e. The van der Waals surface area contributed by atoms with Crippen molar-refractivity contribution in [1.29, 1.82) is 0 Å². The average molecular weight is 288 g/mol. The third kappa shape index (κ3) is 4.31. The minimum Gasteiger partial charge on any atom is -0.312 e. The zero-order valence-electron chi connectivity index (χ0n) is 14.4. The Kier molecular flexibility index (Phi) is 5.83. The van der Waals surface area contributed by atoms with Crippen molar-refractivity contribution in [3.8, 4) is 0 Å². The van der Waals surface area contributed by atoms with Crippen molar-refractivity contribution in [3.63, 3.8) is 0 Å². The SMILES string of the molecule is CNC(CN1CCC(C(C)C)CC1)c1cc(C)ccc1C. The van der Waals surface area contributed by atoms with Crippen molar-refractivity contribution in [3.05, 3.63) is 34.9 Å². The molecule has 1 heterocycles. The molecule has 1 aromatic rings. The number of nitrogens with one attached hydrogen (secondary N) is 1. The second-order valence-electron chi connectivity index (χ2n) is 7.08. The van der Waals surface area contributed by atoms with Crippen LogP contribution in [0, 0.1) is 25.7 Å². The second kappa shape index (κ2) is 7.42. The van der Waals surface area contributed by atoms with E-state index in [1.54, 1.807) is 0 Å². The molecular formula is C19H32N2. The Morgan fingerprint density at radius 1 is 1.19 bits per heavy atom. The van der Waals surface area contributed by atoms with Gasteiger partial charge in [0.1, 0.15) is 0 Å². The summed E-state index contributed by atoms with van der Waals surface area (Å²) in [6.45, 7) is 12.8. The monoisotopic (exact) mass is 288 g/mol. The van der Waals surface area contributed by atoms with Crippen molar-refractivity contribution < 1.29 is 0 Å². The van der Waals surface area contributed by atoms with E-state index in [1.165, 1.54) is 42.6 Å². The summed E-state index contributed by atoms with van der Waals surface area (Å²) in [5.74, 6) is 1.77. The van der Waals surface area contributed by atoms with Crippen LogP contribution in [-0.4, -0.2) is 31.6 Å². The van der Waals surface area contributed by atoms with Crippen molar-refractivity contribution >= 4 is 0 Å². The molecule has 0 bridgehead atoms. The number of aryl methyl sites for hydroxylation is 2. The van der Waals surface area contributed by atoms with Gasteiger partial charge in [-0.1, -0.05) is 37.6 Å². The van der Waals surface area contributed by atoms with E-state index in [1.807, 2.05) is 0 Å². The van der Waals surface area contributed by atoms with Crippen LogP contribution in [0.5, 0.6) is 0 Å². The Labute approximate surface area is 130 Å². The molecule has 2 nitrogen and oxygen atoms in total. The summed E-state index contributed by atoms with van der Waals surface area (Å²) in [6.07, 6.45) is 2.72. The van der Waals surface area contributed by atoms with Gasteiger partial charge in [-0.3, -0.25) is 0 Å². The molecule has 1 aromatic carbocycles. The lowest BCUT2D eigenvalue weighted by Crippen LogP contribution is -2.40. The Morgan fingerprint density at radius 2 is 1.86 bits per heavy atom. The van der Waals surface area contributed by atoms with Crippen LogP contribution in [0.2, 0.25) is 0 Å². The molecule has 1 unspecified atom stereocenters. The zero-order valence-corrected chi connectivity index (χ0v) is 14.4. The van der Waals surface area contributed by atoms with Gasteiger partial charge in [-0.25, -0.2) is 0 Å². The van der Waals surface area contributed by atoms with Crippen LogP contribution in [0.1, 0.15) is 49.4 Å². The summed E-state index contributed by atoms with van der Waals surface area (Å²) in [4.78, 5) is 2.64. The molecule has 0 aliphatic carbocycles. The highest BCUT2D eigenvalue weighted by Crippen LogP contribution is 2.26. The van der Waals surface area contributed by atoms with Crippen LogP contribution < -0.4 is 5.32 Å². The number of rotatable bonds is 5. The highest BCUT2D eigenvalue weighted by atomic mass is 15.2. The van der Waals surface area contributed by atoms with E-state index < -0.39 is 0 Å². The normalized spacial score (nSPS) is 19.1. The quantitative estimate of drug-likeness (QED) is 0.883. The van der Waals surface area contributed by atoms with Crippen LogP contribution in [0.25, 0.3) is 0 Å². The fraction of sp³-hybridized carbons (Fsp3) is 0.684. The third-order valence-corrected chi connectivity index (χ3v) is 5.17. The van der Waals surface area contributed by atoms with Gasteiger partial charge in [0.25, 0.3) is 0 Å². The molecule has 1 saturated heterocycles. The molecule has 0 spiro atoms. The molecule has 0 saturated carbocycles. The first-order valence-corrected chi connectivity index (χ1v) is 8.48. The number of hydrogen-bond acceptors (Lipinski definition) is 2. The van der Waals surface area contributed by atoms with Gasteiger partial charge < -0.3 is 10.2 Å². The Morgan fingerprint density at radius 3 is 2.43 bits per heavy atom. The number of likely N-dealkylation sites (tertiary alicyclic amines) is 1. The Balaban J connectivity index is 1.99. The maximum atomic E-state index is 3.53. The molecule has 118 valence electrons. The van der Waals surface area contributed by atoms with Gasteiger partial charge >= 0.3 is 0 Å². The Bertz CT molecular complexity index is 445. The third-order valence-electron chi connectivity index (χ3n) is 5.17. The van der Waals surface area contributed by atoms with Gasteiger partial charge in [-0.15, -0.1) is 0 Å². The lowest BCUT2D eigenvalue weighted by molar-refractivity contribution is 0.147. The zero-order chi connectivity index (χ0) is 15.4. The second-order valence-corrected chi connectivity index (χ2v) is 7.08. The standard InChI is InChI=1S/C19H32N2/c1-14(2)17-8-10-21(11-9-17)13-19(20-5)18-12-15(3)6-7-16(18)4/h6-7,12,14,17,19-20H,8-11,13H2,1-5H3.